The molecule has 0 nitrogen and oxygen atoms in total. The van der Waals surface area contributed by atoms with Crippen LogP contribution in [0.5, 0.6) is 0 Å². The van der Waals surface area contributed by atoms with E-state index in [4.69, 9.17) is 0 Å². The Hall–Kier alpha value is -3.12. The molecule has 264 valence electrons. The molecule has 0 radical (unpaired) electrons. The third-order valence-corrected chi connectivity index (χ3v) is 17.6. The number of hydrogen-bond donors (Lipinski definition) is 0. The SMILES string of the molecule is Bc1c(B)c(B)c(-c2c3c(B)c(B)c(B)c(B)c3c(-c3c(B)c(B)c(-c4c(B)c(B)c(B)c5c(B)c(B)c(B)c(B)c45)c(B)c3B)c3c(B)c(B)c(B)c(B)c23)c(B)c1B. The molecule has 0 aliphatic rings. The summed E-state index contributed by atoms with van der Waals surface area (Å²) in [5.74, 6) is 0. The van der Waals surface area contributed by atoms with Crippen LogP contribution < -0.4 is 131 Å². The average Bonchev–Trinajstić information content (AvgIpc) is 3.22. The molecule has 0 aliphatic carbocycles. The van der Waals surface area contributed by atoms with Gasteiger partial charge in [0.2, 0.25) is 0 Å². The van der Waals surface area contributed by atoms with Gasteiger partial charge in [-0.2, -0.15) is 0 Å². The molecule has 7 aromatic rings. The van der Waals surface area contributed by atoms with Crippen LogP contribution in [0.3, 0.4) is 0 Å². The van der Waals surface area contributed by atoms with Gasteiger partial charge in [0.25, 0.3) is 0 Å². The van der Waals surface area contributed by atoms with Crippen LogP contribution in [0.15, 0.2) is 0 Å². The van der Waals surface area contributed by atoms with Crippen LogP contribution in [0, 0.1) is 0 Å². The Balaban J connectivity index is 1.82. The van der Waals surface area contributed by atoms with Crippen molar-refractivity contribution in [1.29, 1.82) is 0 Å². The summed E-state index contributed by atoms with van der Waals surface area (Å²) in [5, 5.41) is 8.62. The molecule has 0 saturated heterocycles. The van der Waals surface area contributed by atoms with Crippen molar-refractivity contribution in [2.24, 2.45) is 0 Å². The lowest BCUT2D eigenvalue weighted by Gasteiger charge is -2.33. The first-order chi connectivity index (χ1) is 27.9. The first-order valence-corrected chi connectivity index (χ1v) is 22.5. The first kappa shape index (κ1) is 44.9. The summed E-state index contributed by atoms with van der Waals surface area (Å²) in [6.45, 7) is 0. The van der Waals surface area contributed by atoms with Gasteiger partial charge >= 0.3 is 0 Å². The molecule has 0 fully saturated rings. The molecule has 7 aromatic carbocycles. The summed E-state index contributed by atoms with van der Waals surface area (Å²) >= 11 is 0. The summed E-state index contributed by atoms with van der Waals surface area (Å²) in [7, 11) is 57.0. The highest BCUT2D eigenvalue weighted by atomic mass is 14.3. The van der Waals surface area contributed by atoms with E-state index in [2.05, 4.69) is 188 Å². The van der Waals surface area contributed by atoms with Gasteiger partial charge in [0.15, 0.2) is 0 Å². The fraction of sp³-hybridized carbons (Fsp3) is 0. The molecule has 0 bridgehead atoms. The predicted molar refractivity (Wildman–Crippen MR) is 352 cm³/mol. The van der Waals surface area contributed by atoms with Gasteiger partial charge in [0, 0.05) is 0 Å². The Kier molecular flexibility index (Phi) is 11.5. The Labute approximate surface area is 382 Å². The maximum Gasteiger partial charge on any atom is 0.139 e. The smallest absolute Gasteiger partial charge is 0.102 e. The summed E-state index contributed by atoms with van der Waals surface area (Å²) in [6.07, 6.45) is 0. The maximum atomic E-state index is 2.44. The largest absolute Gasteiger partial charge is 0.139 e. The van der Waals surface area contributed by atoms with Gasteiger partial charge in [-0.25, -0.2) is 0 Å². The van der Waals surface area contributed by atoms with Crippen LogP contribution in [0.4, 0.5) is 0 Å². The number of fused-ring (bicyclic) bond motifs is 3. The van der Waals surface area contributed by atoms with Crippen molar-refractivity contribution in [3.63, 3.8) is 0 Å². The standard InChI is InChI=1S/C36H48B24/c37-13-3-1(9-19(43)21(45)11(22(46)20(9)44)7-8-12(25(49)27(51)17(7)41)26(50)33(57)32(56)18(8)42)4-6(16(40)31(55)29(53)14(4)38)2(5(3)15(39)30(54)28(13)52)10-23(47)34(58)36(60)35(59)24(10)48/h37-60H2. The normalized spacial score (nSPS) is 11.6. The minimum Gasteiger partial charge on any atom is -0.102 e. The van der Waals surface area contributed by atoms with Crippen LogP contribution >= 0.6 is 0 Å². The van der Waals surface area contributed by atoms with Gasteiger partial charge in [0.05, 0.1) is 0 Å². The van der Waals surface area contributed by atoms with E-state index >= 15 is 0 Å². The summed E-state index contributed by atoms with van der Waals surface area (Å²) < 4.78 is 0. The van der Waals surface area contributed by atoms with Gasteiger partial charge in [-0.05, 0) is 65.7 Å². The van der Waals surface area contributed by atoms with Gasteiger partial charge in [-0.1, -0.05) is 76.5 Å². The van der Waals surface area contributed by atoms with Gasteiger partial charge in [-0.3, -0.25) is 0 Å². The second-order valence-electron chi connectivity index (χ2n) is 19.5. The fourth-order valence-electron chi connectivity index (χ4n) is 11.8. The van der Waals surface area contributed by atoms with E-state index in [0.717, 1.165) is 0 Å². The Bertz CT molecular complexity index is 3040. The topological polar surface area (TPSA) is 0 Å². The zero-order chi connectivity index (χ0) is 44.8. The Morgan fingerprint density at radius 1 is 0.100 bits per heavy atom. The van der Waals surface area contributed by atoms with Crippen LogP contribution in [0.1, 0.15) is 0 Å². The third kappa shape index (κ3) is 5.86. The zero-order valence-corrected chi connectivity index (χ0v) is 42.0. The lowest BCUT2D eigenvalue weighted by Crippen LogP contribution is -2.55. The van der Waals surface area contributed by atoms with E-state index < -0.39 is 0 Å². The molecule has 0 amide bonds. The molecular weight excluding hydrogens is 692 g/mol. The van der Waals surface area contributed by atoms with Gasteiger partial charge < -0.3 is 0 Å². The van der Waals surface area contributed by atoms with E-state index in [0.29, 0.717) is 0 Å². The zero-order valence-electron chi connectivity index (χ0n) is 42.0. The molecule has 0 atom stereocenters. The van der Waals surface area contributed by atoms with E-state index in [1.54, 1.807) is 0 Å². The molecule has 0 spiro atoms. The van der Waals surface area contributed by atoms with Crippen molar-refractivity contribution in [3.8, 4) is 33.4 Å². The molecule has 0 aliphatic heterocycles. The van der Waals surface area contributed by atoms with E-state index in [1.165, 1.54) is 197 Å². The fourth-order valence-corrected chi connectivity index (χ4v) is 11.8. The molecule has 0 heterocycles. The molecule has 0 N–H and O–H groups in total. The minimum absolute atomic E-state index is 1.40. The lowest BCUT2D eigenvalue weighted by atomic mass is 9.54. The van der Waals surface area contributed by atoms with Crippen molar-refractivity contribution in [2.75, 3.05) is 0 Å². The lowest BCUT2D eigenvalue weighted by molar-refractivity contribution is 1.83. The van der Waals surface area contributed by atoms with Gasteiger partial charge in [0.1, 0.15) is 188 Å². The molecule has 0 aromatic heterocycles. The molecular formula is C36H48B24. The monoisotopic (exact) mass is 745 g/mol. The highest BCUT2D eigenvalue weighted by Gasteiger charge is 2.30. The van der Waals surface area contributed by atoms with Crippen LogP contribution in [0.2, 0.25) is 0 Å². The quantitative estimate of drug-likeness (QED) is 0.125. The second kappa shape index (κ2) is 15.3. The number of benzene rings is 7. The first-order valence-electron chi connectivity index (χ1n) is 22.5. The van der Waals surface area contributed by atoms with Crippen molar-refractivity contribution < 1.29 is 0 Å². The molecule has 0 unspecified atom stereocenters. The number of hydrogen-bond acceptors (Lipinski definition) is 0. The van der Waals surface area contributed by atoms with Crippen molar-refractivity contribution in [2.45, 2.75) is 0 Å². The predicted octanol–water partition coefficient (Wildman–Crippen LogP) is -31.7. The molecule has 24 heteroatoms. The van der Waals surface area contributed by atoms with Crippen LogP contribution in [-0.4, -0.2) is 188 Å². The van der Waals surface area contributed by atoms with Crippen LogP contribution in [0.25, 0.3) is 65.7 Å². The van der Waals surface area contributed by atoms with E-state index in [1.807, 2.05) is 0 Å². The summed E-state index contributed by atoms with van der Waals surface area (Å²) in [6, 6.07) is 0. The van der Waals surface area contributed by atoms with Crippen LogP contribution in [-0.2, 0) is 0 Å². The number of rotatable bonds is 3. The summed E-state index contributed by atoms with van der Waals surface area (Å²) in [5.41, 5.74) is 42.4. The molecule has 0 saturated carbocycles. The maximum absolute atomic E-state index is 2.44. The highest BCUT2D eigenvalue weighted by Crippen LogP contribution is 2.38. The second-order valence-corrected chi connectivity index (χ2v) is 19.5. The molecule has 7 rings (SSSR count). The Morgan fingerprint density at radius 3 is 0.500 bits per heavy atom. The van der Waals surface area contributed by atoms with Crippen molar-refractivity contribution >= 4 is 352 Å². The highest BCUT2D eigenvalue weighted by molar-refractivity contribution is 6.76. The van der Waals surface area contributed by atoms with E-state index in [-0.39, 0.29) is 0 Å². The van der Waals surface area contributed by atoms with Crippen molar-refractivity contribution in [3.05, 3.63) is 0 Å². The Morgan fingerprint density at radius 2 is 0.233 bits per heavy atom. The van der Waals surface area contributed by atoms with E-state index in [9.17, 15) is 0 Å². The minimum atomic E-state index is 1.40. The molecule has 60 heavy (non-hydrogen) atoms. The van der Waals surface area contributed by atoms with Gasteiger partial charge in [-0.15, -0.1) is 54.6 Å². The van der Waals surface area contributed by atoms with Crippen molar-refractivity contribution in [1.82, 2.24) is 0 Å². The average molecular weight is 740 g/mol. The third-order valence-electron chi connectivity index (χ3n) is 17.6. The summed E-state index contributed by atoms with van der Waals surface area (Å²) in [4.78, 5) is 0.